The third kappa shape index (κ3) is 3.76. The number of anilines is 1. The van der Waals surface area contributed by atoms with Crippen LogP contribution in [0.2, 0.25) is 5.02 Å². The molecule has 2 aromatic carbocycles. The average molecular weight is 301 g/mol. The van der Waals surface area contributed by atoms with Crippen molar-refractivity contribution in [3.63, 3.8) is 0 Å². The van der Waals surface area contributed by atoms with E-state index in [-0.39, 0.29) is 5.91 Å². The molecule has 0 saturated heterocycles. The van der Waals surface area contributed by atoms with Crippen molar-refractivity contribution >= 4 is 23.2 Å². The van der Waals surface area contributed by atoms with Gasteiger partial charge in [0.15, 0.2) is 0 Å². The molecule has 0 atom stereocenters. The van der Waals surface area contributed by atoms with Gasteiger partial charge in [0, 0.05) is 28.9 Å². The van der Waals surface area contributed by atoms with Crippen LogP contribution < -0.4 is 10.6 Å². The van der Waals surface area contributed by atoms with Crippen LogP contribution in [0.3, 0.4) is 0 Å². The van der Waals surface area contributed by atoms with Crippen molar-refractivity contribution in [3.8, 4) is 0 Å². The number of rotatable bonds is 5. The fourth-order valence-corrected chi connectivity index (χ4v) is 2.31. The lowest BCUT2D eigenvalue weighted by molar-refractivity contribution is 0.0951. The number of halogens is 1. The molecule has 0 aromatic heterocycles. The first-order valence-corrected chi connectivity index (χ1v) is 7.48. The number of hydrogen-bond acceptors (Lipinski definition) is 2. The molecule has 21 heavy (non-hydrogen) atoms. The highest BCUT2D eigenvalue weighted by Gasteiger charge is 2.23. The van der Waals surface area contributed by atoms with Crippen LogP contribution >= 0.6 is 11.6 Å². The van der Waals surface area contributed by atoms with Gasteiger partial charge in [0.1, 0.15) is 0 Å². The highest BCUT2D eigenvalue weighted by Crippen LogP contribution is 2.20. The SMILES string of the molecule is O=C(NC1CC1)c1cccc(NCc2ccccc2Cl)c1. The zero-order valence-electron chi connectivity index (χ0n) is 11.6. The quantitative estimate of drug-likeness (QED) is 0.881. The monoisotopic (exact) mass is 300 g/mol. The Kier molecular flexibility index (Phi) is 4.11. The summed E-state index contributed by atoms with van der Waals surface area (Å²) >= 11 is 6.13. The summed E-state index contributed by atoms with van der Waals surface area (Å²) < 4.78 is 0. The van der Waals surface area contributed by atoms with Gasteiger partial charge in [-0.2, -0.15) is 0 Å². The molecule has 1 amide bonds. The number of nitrogens with one attached hydrogen (secondary N) is 2. The minimum atomic E-state index is -0.00102. The molecule has 0 unspecified atom stereocenters. The van der Waals surface area contributed by atoms with Gasteiger partial charge in [0.05, 0.1) is 0 Å². The summed E-state index contributed by atoms with van der Waals surface area (Å²) in [5, 5.41) is 7.04. The van der Waals surface area contributed by atoms with Crippen molar-refractivity contribution in [1.82, 2.24) is 5.32 Å². The van der Waals surface area contributed by atoms with Crippen LogP contribution in [0, 0.1) is 0 Å². The Balaban J connectivity index is 1.65. The lowest BCUT2D eigenvalue weighted by atomic mass is 10.1. The fraction of sp³-hybridized carbons (Fsp3) is 0.235. The summed E-state index contributed by atoms with van der Waals surface area (Å²) in [5.41, 5.74) is 2.64. The summed E-state index contributed by atoms with van der Waals surface area (Å²) in [6, 6.07) is 15.6. The zero-order valence-corrected chi connectivity index (χ0v) is 12.4. The molecule has 4 heteroatoms. The van der Waals surface area contributed by atoms with Crippen molar-refractivity contribution in [2.45, 2.75) is 25.4 Å². The molecule has 2 N–H and O–H groups in total. The largest absolute Gasteiger partial charge is 0.381 e. The van der Waals surface area contributed by atoms with Crippen molar-refractivity contribution in [2.75, 3.05) is 5.32 Å². The van der Waals surface area contributed by atoms with Crippen LogP contribution in [0.4, 0.5) is 5.69 Å². The van der Waals surface area contributed by atoms with Crippen molar-refractivity contribution in [2.24, 2.45) is 0 Å². The van der Waals surface area contributed by atoms with Crippen LogP contribution in [0.1, 0.15) is 28.8 Å². The van der Waals surface area contributed by atoms with Crippen molar-refractivity contribution in [1.29, 1.82) is 0 Å². The van der Waals surface area contributed by atoms with Gasteiger partial charge >= 0.3 is 0 Å². The number of carbonyl (C=O) groups is 1. The van der Waals surface area contributed by atoms with Crippen LogP contribution in [0.15, 0.2) is 48.5 Å². The highest BCUT2D eigenvalue weighted by atomic mass is 35.5. The molecule has 0 spiro atoms. The van der Waals surface area contributed by atoms with E-state index in [2.05, 4.69) is 10.6 Å². The molecule has 3 rings (SSSR count). The highest BCUT2D eigenvalue weighted by molar-refractivity contribution is 6.31. The molecule has 0 aliphatic heterocycles. The maximum Gasteiger partial charge on any atom is 0.251 e. The Morgan fingerprint density at radius 2 is 1.95 bits per heavy atom. The van der Waals surface area contributed by atoms with E-state index in [0.29, 0.717) is 18.2 Å². The Morgan fingerprint density at radius 1 is 1.14 bits per heavy atom. The van der Waals surface area contributed by atoms with E-state index in [0.717, 1.165) is 29.1 Å². The molecule has 3 nitrogen and oxygen atoms in total. The molecule has 108 valence electrons. The predicted octanol–water partition coefficient (Wildman–Crippen LogP) is 3.84. The van der Waals surface area contributed by atoms with E-state index >= 15 is 0 Å². The van der Waals surface area contributed by atoms with Crippen molar-refractivity contribution in [3.05, 3.63) is 64.7 Å². The summed E-state index contributed by atoms with van der Waals surface area (Å²) in [7, 11) is 0. The van der Waals surface area contributed by atoms with E-state index in [1.165, 1.54) is 0 Å². The normalized spacial score (nSPS) is 13.8. The summed E-state index contributed by atoms with van der Waals surface area (Å²) in [6.45, 7) is 0.632. The lowest BCUT2D eigenvalue weighted by Gasteiger charge is -2.10. The maximum absolute atomic E-state index is 12.0. The van der Waals surface area contributed by atoms with E-state index in [9.17, 15) is 4.79 Å². The molecule has 0 bridgehead atoms. The van der Waals surface area contributed by atoms with Crippen LogP contribution in [-0.2, 0) is 6.54 Å². The number of carbonyl (C=O) groups excluding carboxylic acids is 1. The third-order valence-electron chi connectivity index (χ3n) is 3.48. The average Bonchev–Trinajstić information content (AvgIpc) is 3.31. The predicted molar refractivity (Wildman–Crippen MR) is 85.7 cm³/mol. The number of benzene rings is 2. The number of amides is 1. The Hall–Kier alpha value is -2.00. The van der Waals surface area contributed by atoms with Gasteiger partial charge in [-0.15, -0.1) is 0 Å². The van der Waals surface area contributed by atoms with Gasteiger partial charge in [-0.1, -0.05) is 35.9 Å². The second-order valence-corrected chi connectivity index (χ2v) is 5.68. The molecule has 1 aliphatic carbocycles. The first kappa shape index (κ1) is 14.0. The van der Waals surface area contributed by atoms with Crippen LogP contribution in [-0.4, -0.2) is 11.9 Å². The molecule has 0 heterocycles. The second-order valence-electron chi connectivity index (χ2n) is 5.27. The van der Waals surface area contributed by atoms with Gasteiger partial charge in [0.25, 0.3) is 5.91 Å². The van der Waals surface area contributed by atoms with Gasteiger partial charge < -0.3 is 10.6 Å². The zero-order chi connectivity index (χ0) is 14.7. The molecular weight excluding hydrogens is 284 g/mol. The first-order chi connectivity index (χ1) is 10.2. The van der Waals surface area contributed by atoms with Gasteiger partial charge in [-0.3, -0.25) is 4.79 Å². The second kappa shape index (κ2) is 6.19. The third-order valence-corrected chi connectivity index (χ3v) is 3.85. The number of hydrogen-bond donors (Lipinski definition) is 2. The molecule has 2 aromatic rings. The Labute approximate surface area is 129 Å². The molecular formula is C17H17ClN2O. The van der Waals surface area contributed by atoms with E-state index in [4.69, 9.17) is 11.6 Å². The topological polar surface area (TPSA) is 41.1 Å². The van der Waals surface area contributed by atoms with E-state index < -0.39 is 0 Å². The molecule has 1 saturated carbocycles. The summed E-state index contributed by atoms with van der Waals surface area (Å²) in [4.78, 5) is 12.0. The molecule has 0 radical (unpaired) electrons. The first-order valence-electron chi connectivity index (χ1n) is 7.10. The van der Waals surface area contributed by atoms with Crippen molar-refractivity contribution < 1.29 is 4.79 Å². The molecule has 1 fully saturated rings. The van der Waals surface area contributed by atoms with Gasteiger partial charge in [-0.25, -0.2) is 0 Å². The lowest BCUT2D eigenvalue weighted by Crippen LogP contribution is -2.25. The summed E-state index contributed by atoms with van der Waals surface area (Å²) in [6.07, 6.45) is 2.19. The van der Waals surface area contributed by atoms with Gasteiger partial charge in [-0.05, 0) is 42.7 Å². The standard InChI is InChI=1S/C17H17ClN2O/c18-16-7-2-1-4-13(16)11-19-15-6-3-5-12(10-15)17(21)20-14-8-9-14/h1-7,10,14,19H,8-9,11H2,(H,20,21). The van der Waals surface area contributed by atoms with E-state index in [1.807, 2.05) is 48.5 Å². The van der Waals surface area contributed by atoms with Crippen LogP contribution in [0.25, 0.3) is 0 Å². The fourth-order valence-electron chi connectivity index (χ4n) is 2.11. The minimum Gasteiger partial charge on any atom is -0.381 e. The van der Waals surface area contributed by atoms with E-state index in [1.54, 1.807) is 0 Å². The van der Waals surface area contributed by atoms with Gasteiger partial charge in [0.2, 0.25) is 0 Å². The Bertz CT molecular complexity index is 653. The minimum absolute atomic E-state index is 0.00102. The van der Waals surface area contributed by atoms with Crippen LogP contribution in [0.5, 0.6) is 0 Å². The maximum atomic E-state index is 12.0. The molecule has 1 aliphatic rings. The summed E-state index contributed by atoms with van der Waals surface area (Å²) in [5.74, 6) is -0.00102. The smallest absolute Gasteiger partial charge is 0.251 e. The Morgan fingerprint density at radius 3 is 2.71 bits per heavy atom.